The van der Waals surface area contributed by atoms with E-state index in [-0.39, 0.29) is 43.3 Å². The van der Waals surface area contributed by atoms with Crippen molar-refractivity contribution in [3.05, 3.63) is 84.2 Å². The first-order valence-electron chi connectivity index (χ1n) is 10.8. The van der Waals surface area contributed by atoms with Crippen LogP contribution in [-0.2, 0) is 0 Å². The number of methoxy groups -OCH3 is 2. The molecule has 3 N–H and O–H groups in total. The van der Waals surface area contributed by atoms with Crippen molar-refractivity contribution >= 4 is 24.8 Å². The summed E-state index contributed by atoms with van der Waals surface area (Å²) < 4.78 is 16.3. The van der Waals surface area contributed by atoms with Gasteiger partial charge in [0.05, 0.1) is 20.4 Å². The largest absolute Gasteiger partial charge is 0.497 e. The summed E-state index contributed by atoms with van der Waals surface area (Å²) >= 11 is 0. The molecule has 3 aromatic rings. The van der Waals surface area contributed by atoms with Crippen LogP contribution in [0.1, 0.15) is 30.4 Å². The van der Waals surface area contributed by atoms with Crippen molar-refractivity contribution in [2.45, 2.75) is 31.4 Å². The zero-order valence-electron chi connectivity index (χ0n) is 19.7. The molecule has 0 radical (unpaired) electrons. The van der Waals surface area contributed by atoms with E-state index >= 15 is 0 Å². The molecule has 3 rings (SSSR count). The maximum absolute atomic E-state index is 10.6. The lowest BCUT2D eigenvalue weighted by Gasteiger charge is -2.29. The zero-order valence-corrected chi connectivity index (χ0v) is 21.3. The Labute approximate surface area is 214 Å². The minimum atomic E-state index is -0.794. The lowest BCUT2D eigenvalue weighted by molar-refractivity contribution is 0.0667. The van der Waals surface area contributed by atoms with Crippen molar-refractivity contribution in [3.63, 3.8) is 0 Å². The number of aliphatic hydroxyl groups is 1. The molecular weight excluding hydrogens is 475 g/mol. The summed E-state index contributed by atoms with van der Waals surface area (Å²) in [4.78, 5) is 4.02. The summed E-state index contributed by atoms with van der Waals surface area (Å²) in [5.74, 6) is 2.39. The van der Waals surface area contributed by atoms with E-state index in [1.54, 1.807) is 38.7 Å². The second-order valence-corrected chi connectivity index (χ2v) is 7.96. The topological polar surface area (TPSA) is 86.8 Å². The van der Waals surface area contributed by atoms with Gasteiger partial charge >= 0.3 is 0 Å². The smallest absolute Gasteiger partial charge is 0.137 e. The molecule has 1 aromatic heterocycles. The number of benzene rings is 2. The van der Waals surface area contributed by atoms with Crippen LogP contribution < -0.4 is 19.9 Å². The Morgan fingerprint density at radius 3 is 1.82 bits per heavy atom. The van der Waals surface area contributed by atoms with Gasteiger partial charge in [-0.25, -0.2) is 0 Å². The van der Waals surface area contributed by atoms with Crippen LogP contribution in [0.2, 0.25) is 0 Å². The highest BCUT2D eigenvalue weighted by atomic mass is 35.5. The van der Waals surface area contributed by atoms with Gasteiger partial charge in [-0.1, -0.05) is 31.2 Å². The number of hydrogen-bond donors (Lipinski definition) is 2. The third-order valence-electron chi connectivity index (χ3n) is 5.80. The summed E-state index contributed by atoms with van der Waals surface area (Å²) in [5, 5.41) is 10.6. The third-order valence-corrected chi connectivity index (χ3v) is 5.80. The summed E-state index contributed by atoms with van der Waals surface area (Å²) in [6, 6.07) is 19.3. The van der Waals surface area contributed by atoms with Crippen molar-refractivity contribution in [2.24, 2.45) is 11.7 Å². The third kappa shape index (κ3) is 8.06. The number of halogens is 2. The summed E-state index contributed by atoms with van der Waals surface area (Å²) in [5.41, 5.74) is 8.76. The first kappa shape index (κ1) is 29.5. The highest BCUT2D eigenvalue weighted by molar-refractivity contribution is 5.85. The van der Waals surface area contributed by atoms with Gasteiger partial charge in [-0.15, -0.1) is 24.8 Å². The van der Waals surface area contributed by atoms with Crippen molar-refractivity contribution in [1.29, 1.82) is 0 Å². The van der Waals surface area contributed by atoms with Crippen molar-refractivity contribution in [3.8, 4) is 17.2 Å². The predicted octanol–water partition coefficient (Wildman–Crippen LogP) is 4.87. The molecular formula is C26H34Cl2N2O4. The summed E-state index contributed by atoms with van der Waals surface area (Å²) in [6.07, 6.45) is 3.27. The average molecular weight is 509 g/mol. The molecule has 2 unspecified atom stereocenters. The zero-order chi connectivity index (χ0) is 22.9. The van der Waals surface area contributed by atoms with E-state index in [9.17, 15) is 5.11 Å². The fraction of sp³-hybridized carbons (Fsp3) is 0.346. The molecule has 0 saturated heterocycles. The van der Waals surface area contributed by atoms with Crippen LogP contribution in [0.3, 0.4) is 0 Å². The maximum Gasteiger partial charge on any atom is 0.137 e. The Morgan fingerprint density at radius 1 is 0.853 bits per heavy atom. The molecule has 2 aromatic carbocycles. The molecule has 186 valence electrons. The van der Waals surface area contributed by atoms with Crippen LogP contribution >= 0.6 is 24.8 Å². The normalized spacial score (nSPS) is 13.1. The quantitative estimate of drug-likeness (QED) is 0.384. The van der Waals surface area contributed by atoms with Gasteiger partial charge in [-0.05, 0) is 59.9 Å². The minimum Gasteiger partial charge on any atom is -0.497 e. The molecule has 0 bridgehead atoms. The van der Waals surface area contributed by atoms with E-state index in [1.165, 1.54) is 0 Å². The lowest BCUT2D eigenvalue weighted by atomic mass is 9.81. The number of pyridine rings is 1. The Hall–Kier alpha value is -2.51. The molecule has 0 aliphatic carbocycles. The second kappa shape index (κ2) is 14.7. The highest BCUT2D eigenvalue weighted by Gasteiger charge is 2.26. The molecule has 0 aliphatic heterocycles. The van der Waals surface area contributed by atoms with Crippen LogP contribution in [0.5, 0.6) is 17.2 Å². The van der Waals surface area contributed by atoms with Crippen LogP contribution in [-0.4, -0.2) is 43.1 Å². The number of ether oxygens (including phenoxy) is 3. The van der Waals surface area contributed by atoms with E-state index < -0.39 is 12.1 Å². The lowest BCUT2D eigenvalue weighted by Crippen LogP contribution is -2.44. The highest BCUT2D eigenvalue weighted by Crippen LogP contribution is 2.34. The fourth-order valence-electron chi connectivity index (χ4n) is 3.77. The fourth-order valence-corrected chi connectivity index (χ4v) is 3.77. The number of hydrogen-bond acceptors (Lipinski definition) is 6. The number of aliphatic hydroxyl groups excluding tert-OH is 1. The van der Waals surface area contributed by atoms with Gasteiger partial charge in [0.2, 0.25) is 0 Å². The van der Waals surface area contributed by atoms with E-state index in [0.717, 1.165) is 29.0 Å². The van der Waals surface area contributed by atoms with Gasteiger partial charge in [0.1, 0.15) is 30.0 Å². The Morgan fingerprint density at radius 2 is 1.38 bits per heavy atom. The standard InChI is InChI=1S/C26H32N2O4.2ClH/c1-18(26(27)25(29)17-32-23-5-4-14-28-16-23)15-24(19-6-10-21(30-2)11-7-19)20-8-12-22(31-3)13-9-20;;/h4-14,16,18,24-26,29H,15,17,27H2,1-3H3;2*1H/t18?,25-,26?;;/m0../s1. The van der Waals surface area contributed by atoms with Crippen molar-refractivity contribution in [2.75, 3.05) is 20.8 Å². The first-order chi connectivity index (χ1) is 15.5. The number of nitrogens with two attached hydrogens (primary N) is 1. The monoisotopic (exact) mass is 508 g/mol. The molecule has 8 heteroatoms. The van der Waals surface area contributed by atoms with Crippen molar-refractivity contribution in [1.82, 2.24) is 4.98 Å². The van der Waals surface area contributed by atoms with Gasteiger partial charge in [0.25, 0.3) is 0 Å². The maximum atomic E-state index is 10.6. The molecule has 0 spiro atoms. The van der Waals surface area contributed by atoms with Crippen LogP contribution in [0.25, 0.3) is 0 Å². The van der Waals surface area contributed by atoms with E-state index in [0.29, 0.717) is 5.75 Å². The Kier molecular flexibility index (Phi) is 12.8. The molecule has 3 atom stereocenters. The van der Waals surface area contributed by atoms with E-state index in [4.69, 9.17) is 19.9 Å². The van der Waals surface area contributed by atoms with Gasteiger partial charge < -0.3 is 25.1 Å². The first-order valence-corrected chi connectivity index (χ1v) is 10.8. The minimum absolute atomic E-state index is 0. The van der Waals surface area contributed by atoms with Gasteiger partial charge in [0, 0.05) is 18.2 Å². The molecule has 6 nitrogen and oxygen atoms in total. The van der Waals surface area contributed by atoms with Gasteiger partial charge in [-0.2, -0.15) is 0 Å². The second-order valence-electron chi connectivity index (χ2n) is 7.96. The van der Waals surface area contributed by atoms with Crippen LogP contribution in [0.4, 0.5) is 0 Å². The van der Waals surface area contributed by atoms with E-state index in [2.05, 4.69) is 36.2 Å². The molecule has 0 saturated carbocycles. The molecule has 34 heavy (non-hydrogen) atoms. The number of aromatic nitrogens is 1. The van der Waals surface area contributed by atoms with E-state index in [1.807, 2.05) is 24.3 Å². The number of nitrogens with zero attached hydrogens (tertiary/aromatic N) is 1. The summed E-state index contributed by atoms with van der Waals surface area (Å²) in [6.45, 7) is 2.19. The van der Waals surface area contributed by atoms with Crippen LogP contribution in [0.15, 0.2) is 73.1 Å². The molecule has 1 heterocycles. The summed E-state index contributed by atoms with van der Waals surface area (Å²) in [7, 11) is 3.32. The average Bonchev–Trinajstić information content (AvgIpc) is 2.86. The Balaban J connectivity index is 0.00000289. The molecule has 0 aliphatic rings. The Bertz CT molecular complexity index is 896. The molecule has 0 amide bonds. The number of rotatable bonds is 11. The van der Waals surface area contributed by atoms with Crippen LogP contribution in [0, 0.1) is 5.92 Å². The molecule has 0 fully saturated rings. The van der Waals surface area contributed by atoms with Crippen molar-refractivity contribution < 1.29 is 19.3 Å². The predicted molar refractivity (Wildman–Crippen MR) is 140 cm³/mol. The van der Waals surface area contributed by atoms with Gasteiger partial charge in [-0.3, -0.25) is 4.98 Å². The SMILES string of the molecule is COc1ccc(C(CC(C)C(N)[C@@H](O)COc2cccnc2)c2ccc(OC)cc2)cc1.Cl.Cl. The van der Waals surface area contributed by atoms with Gasteiger partial charge in [0.15, 0.2) is 0 Å².